The molecule has 0 unspecified atom stereocenters. The Bertz CT molecular complexity index is 643. The molecule has 0 aliphatic carbocycles. The number of ether oxygens (including phenoxy) is 1. The van der Waals surface area contributed by atoms with Gasteiger partial charge >= 0.3 is 0 Å². The van der Waals surface area contributed by atoms with Crippen molar-refractivity contribution in [1.29, 1.82) is 0 Å². The van der Waals surface area contributed by atoms with E-state index in [1.807, 2.05) is 12.1 Å². The van der Waals surface area contributed by atoms with E-state index in [1.54, 1.807) is 12.0 Å². The Kier molecular flexibility index (Phi) is 6.62. The number of benzene rings is 1. The molecule has 1 heterocycles. The van der Waals surface area contributed by atoms with Crippen molar-refractivity contribution in [1.82, 2.24) is 9.62 Å². The van der Waals surface area contributed by atoms with Gasteiger partial charge in [0.05, 0.1) is 19.9 Å². The van der Waals surface area contributed by atoms with Gasteiger partial charge in [0.1, 0.15) is 5.75 Å². The van der Waals surface area contributed by atoms with Crippen LogP contribution >= 0.6 is 0 Å². The molecule has 1 fully saturated rings. The molecule has 7 heteroatoms. The number of nitrogens with one attached hydrogen (secondary N) is 1. The second-order valence-electron chi connectivity index (χ2n) is 6.33. The molecule has 0 saturated carbocycles. The number of carbonyl (C=O) groups excluding carboxylic acids is 1. The molecule has 1 aliphatic rings. The number of sulfonamides is 1. The van der Waals surface area contributed by atoms with Gasteiger partial charge in [-0.15, -0.1) is 0 Å². The van der Waals surface area contributed by atoms with Crippen molar-refractivity contribution in [2.75, 3.05) is 33.0 Å². The number of methoxy groups -OCH3 is 1. The maximum absolute atomic E-state index is 12.1. The monoisotopic (exact) mass is 354 g/mol. The minimum absolute atomic E-state index is 0.144. The molecular formula is C17H26N2O4S. The van der Waals surface area contributed by atoms with Crippen LogP contribution in [-0.2, 0) is 21.2 Å². The normalized spacial score (nSPS) is 18.4. The van der Waals surface area contributed by atoms with E-state index < -0.39 is 10.0 Å². The molecule has 134 valence electrons. The first-order valence-electron chi connectivity index (χ1n) is 8.23. The van der Waals surface area contributed by atoms with E-state index in [2.05, 4.69) is 16.9 Å². The second kappa shape index (κ2) is 8.48. The lowest BCUT2D eigenvalue weighted by atomic mass is 9.91. The van der Waals surface area contributed by atoms with Crippen molar-refractivity contribution in [2.24, 2.45) is 5.92 Å². The van der Waals surface area contributed by atoms with E-state index in [0.29, 0.717) is 19.0 Å². The van der Waals surface area contributed by atoms with Crippen molar-refractivity contribution in [3.63, 3.8) is 0 Å². The third kappa shape index (κ3) is 6.13. The van der Waals surface area contributed by atoms with Gasteiger partial charge in [-0.3, -0.25) is 4.79 Å². The van der Waals surface area contributed by atoms with Gasteiger partial charge in [-0.1, -0.05) is 12.1 Å². The third-order valence-corrected chi connectivity index (χ3v) is 5.03. The van der Waals surface area contributed by atoms with E-state index in [9.17, 15) is 13.2 Å². The first-order valence-corrected chi connectivity index (χ1v) is 10.1. The van der Waals surface area contributed by atoms with E-state index in [-0.39, 0.29) is 12.5 Å². The van der Waals surface area contributed by atoms with E-state index in [0.717, 1.165) is 37.7 Å². The maximum atomic E-state index is 12.1. The maximum Gasteiger partial charge on any atom is 0.237 e. The van der Waals surface area contributed by atoms with Crippen molar-refractivity contribution < 1.29 is 17.9 Å². The summed E-state index contributed by atoms with van der Waals surface area (Å²) in [7, 11) is -1.68. The minimum Gasteiger partial charge on any atom is -0.497 e. The number of hydrogen-bond donors (Lipinski definition) is 1. The van der Waals surface area contributed by atoms with Crippen LogP contribution in [0.2, 0.25) is 0 Å². The van der Waals surface area contributed by atoms with Crippen molar-refractivity contribution in [2.45, 2.75) is 25.7 Å². The number of hydrogen-bond acceptors (Lipinski definition) is 4. The molecule has 0 bridgehead atoms. The molecule has 2 rings (SSSR count). The smallest absolute Gasteiger partial charge is 0.237 e. The van der Waals surface area contributed by atoms with Crippen LogP contribution < -0.4 is 9.46 Å². The van der Waals surface area contributed by atoms with Crippen LogP contribution in [0.1, 0.15) is 24.8 Å². The van der Waals surface area contributed by atoms with Crippen LogP contribution in [-0.4, -0.2) is 52.2 Å². The Labute approximate surface area is 144 Å². The number of nitrogens with zero attached hydrogens (tertiary/aromatic N) is 1. The van der Waals surface area contributed by atoms with Gasteiger partial charge < -0.3 is 9.64 Å². The summed E-state index contributed by atoms with van der Waals surface area (Å²) in [6.45, 7) is 1.27. The number of likely N-dealkylation sites (tertiary alicyclic amines) is 1. The van der Waals surface area contributed by atoms with Crippen molar-refractivity contribution >= 4 is 15.9 Å². The molecule has 1 amide bonds. The number of piperidine rings is 1. The van der Waals surface area contributed by atoms with Crippen LogP contribution in [0.3, 0.4) is 0 Å². The summed E-state index contributed by atoms with van der Waals surface area (Å²) < 4.78 is 29.6. The molecular weight excluding hydrogens is 328 g/mol. The first kappa shape index (κ1) is 18.7. The lowest BCUT2D eigenvalue weighted by Gasteiger charge is -2.33. The van der Waals surface area contributed by atoms with Gasteiger partial charge in [-0.25, -0.2) is 13.1 Å². The highest BCUT2D eigenvalue weighted by molar-refractivity contribution is 7.88. The van der Waals surface area contributed by atoms with Crippen LogP contribution in [0.15, 0.2) is 24.3 Å². The summed E-state index contributed by atoms with van der Waals surface area (Å²) in [4.78, 5) is 13.9. The topological polar surface area (TPSA) is 75.7 Å². The zero-order valence-electron chi connectivity index (χ0n) is 14.3. The molecule has 6 nitrogen and oxygen atoms in total. The zero-order valence-corrected chi connectivity index (χ0v) is 15.1. The molecule has 1 aromatic carbocycles. The first-order chi connectivity index (χ1) is 11.4. The summed E-state index contributed by atoms with van der Waals surface area (Å²) in [6.07, 6.45) is 5.14. The number of aryl methyl sites for hydroxylation is 1. The summed E-state index contributed by atoms with van der Waals surface area (Å²) >= 11 is 0. The van der Waals surface area contributed by atoms with E-state index >= 15 is 0 Å². The highest BCUT2D eigenvalue weighted by Gasteiger charge is 2.23. The Morgan fingerprint density at radius 2 is 2.04 bits per heavy atom. The Morgan fingerprint density at radius 3 is 2.67 bits per heavy atom. The fourth-order valence-electron chi connectivity index (χ4n) is 2.99. The lowest BCUT2D eigenvalue weighted by Crippen LogP contribution is -2.44. The van der Waals surface area contributed by atoms with E-state index in [4.69, 9.17) is 4.74 Å². The molecule has 1 atom stereocenters. The van der Waals surface area contributed by atoms with Gasteiger partial charge in [0.25, 0.3) is 0 Å². The quantitative estimate of drug-likeness (QED) is 0.803. The largest absolute Gasteiger partial charge is 0.497 e. The Hall–Kier alpha value is -1.60. The van der Waals surface area contributed by atoms with Crippen molar-refractivity contribution in [3.05, 3.63) is 29.8 Å². The fourth-order valence-corrected chi connectivity index (χ4v) is 3.38. The van der Waals surface area contributed by atoms with Gasteiger partial charge in [0.15, 0.2) is 0 Å². The van der Waals surface area contributed by atoms with Crippen LogP contribution in [0.5, 0.6) is 5.75 Å². The average Bonchev–Trinajstić information content (AvgIpc) is 2.58. The predicted molar refractivity (Wildman–Crippen MR) is 93.5 cm³/mol. The molecule has 1 saturated heterocycles. The van der Waals surface area contributed by atoms with Crippen LogP contribution in [0, 0.1) is 5.92 Å². The van der Waals surface area contributed by atoms with Gasteiger partial charge in [-0.2, -0.15) is 0 Å². The predicted octanol–water partition coefficient (Wildman–Crippen LogP) is 1.42. The molecule has 24 heavy (non-hydrogen) atoms. The van der Waals surface area contributed by atoms with E-state index in [1.165, 1.54) is 5.56 Å². The summed E-state index contributed by atoms with van der Waals surface area (Å²) in [5, 5.41) is 0. The van der Waals surface area contributed by atoms with Crippen molar-refractivity contribution in [3.8, 4) is 5.75 Å². The molecule has 1 N–H and O–H groups in total. The van der Waals surface area contributed by atoms with Gasteiger partial charge in [0, 0.05) is 13.1 Å². The lowest BCUT2D eigenvalue weighted by molar-refractivity contribution is -0.131. The number of rotatable bonds is 7. The van der Waals surface area contributed by atoms with Gasteiger partial charge in [0.2, 0.25) is 15.9 Å². The second-order valence-corrected chi connectivity index (χ2v) is 8.16. The Morgan fingerprint density at radius 1 is 1.33 bits per heavy atom. The summed E-state index contributed by atoms with van der Waals surface area (Å²) in [5.74, 6) is 1.17. The standard InChI is InChI=1S/C17H26N2O4S/c1-23-16-9-7-14(8-10-16)5-6-15-4-3-11-19(13-15)17(20)12-18-24(2,21)22/h7-10,15,18H,3-6,11-13H2,1-2H3/t15-/m1/s1. The van der Waals surface area contributed by atoms with Gasteiger partial charge in [-0.05, 0) is 49.3 Å². The van der Waals surface area contributed by atoms with Crippen LogP contribution in [0.4, 0.5) is 0 Å². The third-order valence-electron chi connectivity index (χ3n) is 4.36. The molecule has 1 aromatic rings. The molecule has 0 spiro atoms. The van der Waals surface area contributed by atoms with Crippen LogP contribution in [0.25, 0.3) is 0 Å². The SMILES string of the molecule is COc1ccc(CC[C@H]2CCCN(C(=O)CNS(C)(=O)=O)C2)cc1. The number of carbonyl (C=O) groups is 1. The molecule has 0 aromatic heterocycles. The minimum atomic E-state index is -3.33. The average molecular weight is 354 g/mol. The zero-order chi connectivity index (χ0) is 17.6. The highest BCUT2D eigenvalue weighted by Crippen LogP contribution is 2.22. The highest BCUT2D eigenvalue weighted by atomic mass is 32.2. The fraction of sp³-hybridized carbons (Fsp3) is 0.588. The molecule has 0 radical (unpaired) electrons. The summed E-state index contributed by atoms with van der Waals surface area (Å²) in [5.41, 5.74) is 1.26. The Balaban J connectivity index is 1.80. The number of amides is 1. The molecule has 1 aliphatic heterocycles. The summed E-state index contributed by atoms with van der Waals surface area (Å²) in [6, 6.07) is 8.06.